The summed E-state index contributed by atoms with van der Waals surface area (Å²) in [5.41, 5.74) is -0.921. The Kier molecular flexibility index (Phi) is 4.10. The highest BCUT2D eigenvalue weighted by Gasteiger charge is 2.44. The Morgan fingerprint density at radius 1 is 1.43 bits per heavy atom. The first-order valence-electron chi connectivity index (χ1n) is 4.54. The van der Waals surface area contributed by atoms with Crippen molar-refractivity contribution >= 4 is 12.2 Å². The number of hydrogen-bond acceptors (Lipinski definition) is 4. The van der Waals surface area contributed by atoms with E-state index in [1.54, 1.807) is 6.92 Å². The molecule has 0 aromatic heterocycles. The highest BCUT2D eigenvalue weighted by molar-refractivity contribution is 5.81. The number of hydrogen-bond donors (Lipinski definition) is 1. The summed E-state index contributed by atoms with van der Waals surface area (Å²) in [5, 5.41) is 11.3. The molecule has 14 heavy (non-hydrogen) atoms. The van der Waals surface area contributed by atoms with Crippen molar-refractivity contribution in [3.63, 3.8) is 0 Å². The van der Waals surface area contributed by atoms with Crippen LogP contribution in [-0.4, -0.2) is 24.5 Å². The fourth-order valence-corrected chi connectivity index (χ4v) is 1.14. The molecule has 0 amide bonds. The lowest BCUT2D eigenvalue weighted by atomic mass is 9.66. The maximum atomic E-state index is 11.6. The predicted octanol–water partition coefficient (Wildman–Crippen LogP) is 2.06. The van der Waals surface area contributed by atoms with Gasteiger partial charge in [0.1, 0.15) is 0 Å². The molecule has 4 nitrogen and oxygen atoms in total. The maximum Gasteiger partial charge on any atom is 0.312 e. The quantitative estimate of drug-likeness (QED) is 0.329. The van der Waals surface area contributed by atoms with Gasteiger partial charge in [-0.2, -0.15) is 0 Å². The number of methoxy groups -OCH3 is 1. The third kappa shape index (κ3) is 2.47. The number of carbonyl (C=O) groups is 1. The van der Waals surface area contributed by atoms with E-state index in [-0.39, 0.29) is 11.4 Å². The normalized spacial score (nSPS) is 16.6. The molecular weight excluding hydrogens is 182 g/mol. The average Bonchev–Trinajstić information content (AvgIpc) is 2.10. The van der Waals surface area contributed by atoms with Crippen LogP contribution >= 0.6 is 0 Å². The summed E-state index contributed by atoms with van der Waals surface area (Å²) >= 11 is 0. The Bertz CT molecular complexity index is 230. The minimum absolute atomic E-state index is 0.249. The van der Waals surface area contributed by atoms with Gasteiger partial charge in [-0.3, -0.25) is 4.79 Å². The van der Waals surface area contributed by atoms with Crippen LogP contribution in [0, 0.1) is 10.8 Å². The van der Waals surface area contributed by atoms with Gasteiger partial charge in [0.15, 0.2) is 0 Å². The van der Waals surface area contributed by atoms with Crippen LogP contribution in [-0.2, 0) is 9.53 Å². The molecule has 0 bridgehead atoms. The van der Waals surface area contributed by atoms with Crippen molar-refractivity contribution in [1.82, 2.24) is 0 Å². The molecule has 1 atom stereocenters. The van der Waals surface area contributed by atoms with Crippen LogP contribution in [0.3, 0.4) is 0 Å². The van der Waals surface area contributed by atoms with Gasteiger partial charge in [0, 0.05) is 12.6 Å². The number of ether oxygens (including phenoxy) is 1. The largest absolute Gasteiger partial charge is 0.469 e. The van der Waals surface area contributed by atoms with Crippen molar-refractivity contribution in [3.8, 4) is 0 Å². The molecule has 82 valence electrons. The Labute approximate surface area is 84.9 Å². The highest BCUT2D eigenvalue weighted by atomic mass is 16.5. The van der Waals surface area contributed by atoms with Crippen molar-refractivity contribution in [2.24, 2.45) is 16.0 Å². The first-order valence-corrected chi connectivity index (χ1v) is 4.54. The second-order valence-electron chi connectivity index (χ2n) is 4.58. The first kappa shape index (κ1) is 12.9. The molecular formula is C10H19NO3. The molecule has 4 heteroatoms. The second-order valence-corrected chi connectivity index (χ2v) is 4.58. The van der Waals surface area contributed by atoms with Crippen LogP contribution in [0.25, 0.3) is 0 Å². The topological polar surface area (TPSA) is 58.9 Å². The number of rotatable bonds is 3. The molecule has 0 saturated carbocycles. The van der Waals surface area contributed by atoms with Crippen molar-refractivity contribution in [2.45, 2.75) is 34.1 Å². The van der Waals surface area contributed by atoms with E-state index < -0.39 is 5.41 Å². The molecule has 0 aromatic carbocycles. The zero-order chi connectivity index (χ0) is 11.4. The second kappa shape index (κ2) is 4.44. The lowest BCUT2D eigenvalue weighted by Gasteiger charge is -2.38. The zero-order valence-corrected chi connectivity index (χ0v) is 9.50. The van der Waals surface area contributed by atoms with E-state index in [2.05, 4.69) is 5.16 Å². The van der Waals surface area contributed by atoms with Crippen LogP contribution in [0.5, 0.6) is 0 Å². The fourth-order valence-electron chi connectivity index (χ4n) is 1.14. The lowest BCUT2D eigenvalue weighted by molar-refractivity contribution is -0.157. The fraction of sp³-hybridized carbons (Fsp3) is 0.800. The smallest absolute Gasteiger partial charge is 0.312 e. The molecule has 0 fully saturated rings. The summed E-state index contributed by atoms with van der Waals surface area (Å²) < 4.78 is 4.76. The molecule has 0 radical (unpaired) electrons. The minimum Gasteiger partial charge on any atom is -0.469 e. The Morgan fingerprint density at radius 2 is 1.93 bits per heavy atom. The van der Waals surface area contributed by atoms with E-state index in [9.17, 15) is 4.79 Å². The van der Waals surface area contributed by atoms with Crippen LogP contribution < -0.4 is 0 Å². The summed E-state index contributed by atoms with van der Waals surface area (Å²) in [4.78, 5) is 11.6. The summed E-state index contributed by atoms with van der Waals surface area (Å²) in [6.45, 7) is 7.67. The van der Waals surface area contributed by atoms with Gasteiger partial charge < -0.3 is 9.94 Å². The summed E-state index contributed by atoms with van der Waals surface area (Å²) in [7, 11) is 1.36. The number of esters is 1. The number of carbonyl (C=O) groups excluding carboxylic acids is 1. The maximum absolute atomic E-state index is 11.6. The van der Waals surface area contributed by atoms with Crippen molar-refractivity contribution in [3.05, 3.63) is 0 Å². The van der Waals surface area contributed by atoms with Gasteiger partial charge in [0.2, 0.25) is 0 Å². The van der Waals surface area contributed by atoms with Crippen LogP contribution in [0.2, 0.25) is 0 Å². The van der Waals surface area contributed by atoms with Crippen LogP contribution in [0.15, 0.2) is 5.16 Å². The monoisotopic (exact) mass is 201 g/mol. The van der Waals surface area contributed by atoms with Crippen molar-refractivity contribution in [2.75, 3.05) is 7.11 Å². The molecule has 0 heterocycles. The van der Waals surface area contributed by atoms with E-state index in [0.29, 0.717) is 6.42 Å². The third-order valence-electron chi connectivity index (χ3n) is 2.87. The van der Waals surface area contributed by atoms with Gasteiger partial charge in [-0.1, -0.05) is 20.8 Å². The molecule has 0 spiro atoms. The van der Waals surface area contributed by atoms with Gasteiger partial charge in [-0.05, 0) is 12.3 Å². The summed E-state index contributed by atoms with van der Waals surface area (Å²) in [6, 6.07) is 0. The SMILES string of the molecule is COC(=O)C(C)(CC=NO)C(C)(C)C. The van der Waals surface area contributed by atoms with Crippen molar-refractivity contribution in [1.29, 1.82) is 0 Å². The Morgan fingerprint density at radius 3 is 2.21 bits per heavy atom. The zero-order valence-electron chi connectivity index (χ0n) is 9.50. The molecule has 0 rings (SSSR count). The van der Waals surface area contributed by atoms with E-state index in [4.69, 9.17) is 9.94 Å². The third-order valence-corrected chi connectivity index (χ3v) is 2.87. The van der Waals surface area contributed by atoms with Crippen molar-refractivity contribution < 1.29 is 14.7 Å². The van der Waals surface area contributed by atoms with E-state index in [1.165, 1.54) is 13.3 Å². The Balaban J connectivity index is 4.95. The number of nitrogens with zero attached hydrogens (tertiary/aromatic N) is 1. The number of oxime groups is 1. The van der Waals surface area contributed by atoms with Crippen LogP contribution in [0.1, 0.15) is 34.1 Å². The van der Waals surface area contributed by atoms with Gasteiger partial charge in [0.25, 0.3) is 0 Å². The minimum atomic E-state index is -0.673. The standard InChI is InChI=1S/C10H19NO3/c1-9(2,3)10(4,6-7-11-13)8(12)14-5/h7,13H,6H2,1-5H3. The van der Waals surface area contributed by atoms with E-state index >= 15 is 0 Å². The first-order chi connectivity index (χ1) is 6.29. The summed E-state index contributed by atoms with van der Waals surface area (Å²) in [6.07, 6.45) is 1.68. The highest BCUT2D eigenvalue weighted by Crippen LogP contribution is 2.41. The molecule has 0 aliphatic rings. The van der Waals surface area contributed by atoms with E-state index in [0.717, 1.165) is 0 Å². The lowest BCUT2D eigenvalue weighted by Crippen LogP contribution is -2.41. The molecule has 1 unspecified atom stereocenters. The van der Waals surface area contributed by atoms with Crippen LogP contribution in [0.4, 0.5) is 0 Å². The Hall–Kier alpha value is -1.06. The van der Waals surface area contributed by atoms with Gasteiger partial charge in [-0.25, -0.2) is 0 Å². The molecule has 1 N–H and O–H groups in total. The average molecular weight is 201 g/mol. The molecule has 0 saturated heterocycles. The van der Waals surface area contributed by atoms with Gasteiger partial charge in [0.05, 0.1) is 12.5 Å². The molecule has 0 aromatic rings. The van der Waals surface area contributed by atoms with Gasteiger partial charge in [-0.15, -0.1) is 5.16 Å². The van der Waals surface area contributed by atoms with Gasteiger partial charge >= 0.3 is 5.97 Å². The summed E-state index contributed by atoms with van der Waals surface area (Å²) in [5.74, 6) is -0.287. The molecule has 0 aliphatic heterocycles. The predicted molar refractivity (Wildman–Crippen MR) is 54.5 cm³/mol. The van der Waals surface area contributed by atoms with E-state index in [1.807, 2.05) is 20.8 Å². The molecule has 0 aliphatic carbocycles.